The molecule has 0 aliphatic rings. The Hall–Kier alpha value is -1.15. The van der Waals surface area contributed by atoms with Gasteiger partial charge in [0.25, 0.3) is 0 Å². The number of benzene rings is 2. The van der Waals surface area contributed by atoms with Crippen LogP contribution in [0.2, 0.25) is 0 Å². The van der Waals surface area contributed by atoms with Crippen LogP contribution in [-0.2, 0) is 0 Å². The Balaban J connectivity index is 2.50. The van der Waals surface area contributed by atoms with Gasteiger partial charge in [0.2, 0.25) is 0 Å². The Labute approximate surface area is 90.5 Å². The highest BCUT2D eigenvalue weighted by atomic mass is 79.9. The van der Waals surface area contributed by atoms with E-state index in [2.05, 4.69) is 22.0 Å². The van der Waals surface area contributed by atoms with Crippen molar-refractivity contribution in [2.45, 2.75) is 0 Å². The van der Waals surface area contributed by atoms with E-state index in [9.17, 15) is 4.39 Å². The highest BCUT2D eigenvalue weighted by Gasteiger charge is 2.02. The molecule has 2 heteroatoms. The molecule has 0 aliphatic heterocycles. The maximum atomic E-state index is 13.3. The van der Waals surface area contributed by atoms with E-state index in [4.69, 9.17) is 0 Å². The molecule has 0 atom stereocenters. The van der Waals surface area contributed by atoms with Gasteiger partial charge < -0.3 is 0 Å². The molecule has 1 radical (unpaired) electrons. The summed E-state index contributed by atoms with van der Waals surface area (Å²) < 4.78 is 14.3. The fourth-order valence-electron chi connectivity index (χ4n) is 1.27. The summed E-state index contributed by atoms with van der Waals surface area (Å²) in [4.78, 5) is 0. The summed E-state index contributed by atoms with van der Waals surface area (Å²) >= 11 is 3.33. The summed E-state index contributed by atoms with van der Waals surface area (Å²) in [5.74, 6) is -0.310. The first kappa shape index (κ1) is 9.41. The van der Waals surface area contributed by atoms with Gasteiger partial charge in [0.05, 0.1) is 0 Å². The van der Waals surface area contributed by atoms with E-state index in [0.29, 0.717) is 5.56 Å². The first-order valence-corrected chi connectivity index (χ1v) is 4.99. The number of hydrogen-bond acceptors (Lipinski definition) is 0. The fraction of sp³-hybridized carbons (Fsp3) is 0. The van der Waals surface area contributed by atoms with Gasteiger partial charge in [-0.25, -0.2) is 4.39 Å². The molecule has 0 aromatic heterocycles. The average Bonchev–Trinajstić information content (AvgIpc) is 2.20. The normalized spacial score (nSPS) is 10.1. The molecule has 0 saturated carbocycles. The van der Waals surface area contributed by atoms with Gasteiger partial charge in [-0.2, -0.15) is 0 Å². The van der Waals surface area contributed by atoms with Crippen molar-refractivity contribution in [2.24, 2.45) is 0 Å². The summed E-state index contributed by atoms with van der Waals surface area (Å²) in [5.41, 5.74) is 1.45. The fourth-order valence-corrected chi connectivity index (χ4v) is 1.53. The number of hydrogen-bond donors (Lipinski definition) is 0. The molecule has 69 valence electrons. The second-order valence-corrected chi connectivity index (χ2v) is 3.82. The van der Waals surface area contributed by atoms with Crippen molar-refractivity contribution in [1.82, 2.24) is 0 Å². The lowest BCUT2D eigenvalue weighted by atomic mass is 10.1. The minimum Gasteiger partial charge on any atom is -0.206 e. The Kier molecular flexibility index (Phi) is 2.64. The van der Waals surface area contributed by atoms with Crippen LogP contribution in [0.4, 0.5) is 4.39 Å². The highest BCUT2D eigenvalue weighted by Crippen LogP contribution is 2.23. The van der Waals surface area contributed by atoms with Crippen LogP contribution in [-0.4, -0.2) is 0 Å². The van der Waals surface area contributed by atoms with Crippen LogP contribution in [0.1, 0.15) is 0 Å². The minimum absolute atomic E-state index is 0.310. The first-order valence-electron chi connectivity index (χ1n) is 4.19. The quantitative estimate of drug-likeness (QED) is 0.716. The molecule has 2 aromatic rings. The summed E-state index contributed by atoms with van der Waals surface area (Å²) in [6.45, 7) is 0. The number of halogens is 2. The van der Waals surface area contributed by atoms with Crippen LogP contribution in [0.15, 0.2) is 46.9 Å². The van der Waals surface area contributed by atoms with E-state index in [0.717, 1.165) is 10.0 Å². The van der Waals surface area contributed by atoms with Crippen molar-refractivity contribution in [3.05, 3.63) is 58.8 Å². The standard InChI is InChI=1S/C12H7BrF/c13-10-7-5-9(6-8-10)11-3-1-2-4-12(11)14/h1-3,5-8H. The molecule has 0 bridgehead atoms. The van der Waals surface area contributed by atoms with Crippen LogP contribution >= 0.6 is 15.9 Å². The van der Waals surface area contributed by atoms with Crippen molar-refractivity contribution < 1.29 is 4.39 Å². The van der Waals surface area contributed by atoms with Gasteiger partial charge >= 0.3 is 0 Å². The van der Waals surface area contributed by atoms with Gasteiger partial charge in [-0.15, -0.1) is 0 Å². The Morgan fingerprint density at radius 3 is 2.43 bits per heavy atom. The van der Waals surface area contributed by atoms with Crippen LogP contribution in [0.3, 0.4) is 0 Å². The van der Waals surface area contributed by atoms with E-state index in [-0.39, 0.29) is 5.82 Å². The van der Waals surface area contributed by atoms with Crippen LogP contribution in [0.25, 0.3) is 11.1 Å². The molecular weight excluding hydrogens is 243 g/mol. The second kappa shape index (κ2) is 3.93. The van der Waals surface area contributed by atoms with Crippen LogP contribution in [0, 0.1) is 11.9 Å². The maximum Gasteiger partial charge on any atom is 0.138 e. The molecule has 14 heavy (non-hydrogen) atoms. The molecular formula is C12H7BrF. The molecule has 0 N–H and O–H groups in total. The Morgan fingerprint density at radius 1 is 1.07 bits per heavy atom. The van der Waals surface area contributed by atoms with Gasteiger partial charge in [-0.1, -0.05) is 46.3 Å². The summed E-state index contributed by atoms with van der Waals surface area (Å²) in [6.07, 6.45) is 0. The molecule has 0 fully saturated rings. The lowest BCUT2D eigenvalue weighted by Gasteiger charge is -2.02. The van der Waals surface area contributed by atoms with E-state index >= 15 is 0 Å². The van der Waals surface area contributed by atoms with Crippen molar-refractivity contribution in [1.29, 1.82) is 0 Å². The number of rotatable bonds is 1. The van der Waals surface area contributed by atoms with E-state index in [1.807, 2.05) is 24.3 Å². The van der Waals surface area contributed by atoms with Crippen molar-refractivity contribution in [3.8, 4) is 11.1 Å². The van der Waals surface area contributed by atoms with E-state index in [1.54, 1.807) is 18.2 Å². The third kappa shape index (κ3) is 1.85. The monoisotopic (exact) mass is 249 g/mol. The first-order chi connectivity index (χ1) is 6.77. The summed E-state index contributed by atoms with van der Waals surface area (Å²) in [5, 5.41) is 0. The third-order valence-electron chi connectivity index (χ3n) is 1.96. The van der Waals surface area contributed by atoms with Crippen molar-refractivity contribution in [3.63, 3.8) is 0 Å². The topological polar surface area (TPSA) is 0 Å². The van der Waals surface area contributed by atoms with Gasteiger partial charge in [0.1, 0.15) is 5.82 Å². The van der Waals surface area contributed by atoms with Crippen molar-refractivity contribution >= 4 is 15.9 Å². The predicted octanol–water partition coefficient (Wildman–Crippen LogP) is 4.06. The predicted molar refractivity (Wildman–Crippen MR) is 58.4 cm³/mol. The lowest BCUT2D eigenvalue weighted by molar-refractivity contribution is 0.629. The molecule has 0 amide bonds. The van der Waals surface area contributed by atoms with Gasteiger partial charge in [-0.3, -0.25) is 0 Å². The lowest BCUT2D eigenvalue weighted by Crippen LogP contribution is -1.82. The van der Waals surface area contributed by atoms with E-state index < -0.39 is 0 Å². The Morgan fingerprint density at radius 2 is 1.79 bits per heavy atom. The molecule has 0 unspecified atom stereocenters. The molecule has 0 nitrogen and oxygen atoms in total. The van der Waals surface area contributed by atoms with Crippen LogP contribution in [0.5, 0.6) is 0 Å². The molecule has 0 saturated heterocycles. The van der Waals surface area contributed by atoms with Gasteiger partial charge in [0.15, 0.2) is 0 Å². The summed E-state index contributed by atoms with van der Waals surface area (Å²) in [6, 6.07) is 15.1. The molecule has 0 heterocycles. The van der Waals surface area contributed by atoms with Gasteiger partial charge in [0, 0.05) is 16.1 Å². The van der Waals surface area contributed by atoms with Crippen LogP contribution < -0.4 is 0 Å². The SMILES string of the molecule is Fc1[c]cccc1-c1ccc(Br)cc1. The minimum atomic E-state index is -0.310. The zero-order chi connectivity index (χ0) is 9.97. The third-order valence-corrected chi connectivity index (χ3v) is 2.49. The van der Waals surface area contributed by atoms with Gasteiger partial charge in [-0.05, 0) is 17.7 Å². The average molecular weight is 250 g/mol. The molecule has 0 aliphatic carbocycles. The van der Waals surface area contributed by atoms with Crippen molar-refractivity contribution in [2.75, 3.05) is 0 Å². The maximum absolute atomic E-state index is 13.3. The summed E-state index contributed by atoms with van der Waals surface area (Å²) in [7, 11) is 0. The van der Waals surface area contributed by atoms with E-state index in [1.165, 1.54) is 0 Å². The molecule has 0 spiro atoms. The largest absolute Gasteiger partial charge is 0.206 e. The second-order valence-electron chi connectivity index (χ2n) is 2.90. The zero-order valence-electron chi connectivity index (χ0n) is 7.30. The molecule has 2 rings (SSSR count). The molecule has 2 aromatic carbocycles. The Bertz CT molecular complexity index is 434. The zero-order valence-corrected chi connectivity index (χ0v) is 8.88. The highest BCUT2D eigenvalue weighted by molar-refractivity contribution is 9.10. The smallest absolute Gasteiger partial charge is 0.138 e.